The van der Waals surface area contributed by atoms with Crippen molar-refractivity contribution in [3.8, 4) is 5.75 Å². The van der Waals surface area contributed by atoms with Crippen molar-refractivity contribution < 1.29 is 23.1 Å². The number of hydrogen-bond donors (Lipinski definition) is 1. The summed E-state index contributed by atoms with van der Waals surface area (Å²) in [5.41, 5.74) is 3.78. The van der Waals surface area contributed by atoms with Crippen molar-refractivity contribution in [1.29, 1.82) is 0 Å². The molecule has 1 saturated carbocycles. The lowest BCUT2D eigenvalue weighted by Gasteiger charge is -2.37. The number of benzene rings is 1. The standard InChI is InChI=1S/C28H37F2N7O3/c1-18-8-9-21(14-18)36-17-28(29,30)26(39)35(3)23-16-31-27(32-24(23)36)33-37(20-10-12-34(2)13-11-20)25(38)19-6-5-7-22(15-19)40-4/h5-7,15-16,18,20-21H,8-14,17H2,1-4H3,(H,31,32,33)/t18-,21?/m1/s1. The summed E-state index contributed by atoms with van der Waals surface area (Å²) >= 11 is 0. The van der Waals surface area contributed by atoms with Gasteiger partial charge in [0.15, 0.2) is 5.82 Å². The van der Waals surface area contributed by atoms with Crippen LogP contribution in [-0.4, -0.2) is 90.5 Å². The molecule has 3 aliphatic rings. The molecule has 216 valence electrons. The number of nitrogens with zero attached hydrogens (tertiary/aromatic N) is 6. The van der Waals surface area contributed by atoms with Gasteiger partial charge in [-0.1, -0.05) is 13.0 Å². The van der Waals surface area contributed by atoms with Gasteiger partial charge in [0.05, 0.1) is 25.9 Å². The predicted molar refractivity (Wildman–Crippen MR) is 148 cm³/mol. The third-order valence-electron chi connectivity index (χ3n) is 8.29. The Bertz CT molecular complexity index is 1250. The highest BCUT2D eigenvalue weighted by molar-refractivity contribution is 6.02. The first kappa shape index (κ1) is 28.0. The van der Waals surface area contributed by atoms with Crippen molar-refractivity contribution in [3.05, 3.63) is 36.0 Å². The van der Waals surface area contributed by atoms with Crippen LogP contribution in [0.25, 0.3) is 0 Å². The van der Waals surface area contributed by atoms with Crippen molar-refractivity contribution in [3.63, 3.8) is 0 Å². The van der Waals surface area contributed by atoms with E-state index in [1.807, 2.05) is 7.05 Å². The number of anilines is 3. The maximum Gasteiger partial charge on any atom is 0.342 e. The Kier molecular flexibility index (Phi) is 7.80. The number of likely N-dealkylation sites (tertiary alicyclic amines) is 1. The van der Waals surface area contributed by atoms with Crippen LogP contribution in [0.4, 0.5) is 26.2 Å². The summed E-state index contributed by atoms with van der Waals surface area (Å²) in [5.74, 6) is -3.81. The molecule has 2 amide bonds. The number of piperidine rings is 1. The summed E-state index contributed by atoms with van der Waals surface area (Å²) in [6.07, 6.45) is 5.24. The zero-order valence-electron chi connectivity index (χ0n) is 23.4. The molecule has 0 bridgehead atoms. The molecule has 10 nitrogen and oxygen atoms in total. The highest BCUT2D eigenvalue weighted by Gasteiger charge is 2.49. The van der Waals surface area contributed by atoms with Crippen LogP contribution in [0.15, 0.2) is 30.5 Å². The lowest BCUT2D eigenvalue weighted by molar-refractivity contribution is -0.140. The fraction of sp³-hybridized carbons (Fsp3) is 0.571. The quantitative estimate of drug-likeness (QED) is 0.538. The predicted octanol–water partition coefficient (Wildman–Crippen LogP) is 3.66. The van der Waals surface area contributed by atoms with Crippen LogP contribution in [-0.2, 0) is 4.79 Å². The van der Waals surface area contributed by atoms with Gasteiger partial charge in [0.2, 0.25) is 5.95 Å². The molecule has 0 radical (unpaired) electrons. The third kappa shape index (κ3) is 5.54. The van der Waals surface area contributed by atoms with Gasteiger partial charge in [-0.25, -0.2) is 9.99 Å². The second-order valence-electron chi connectivity index (χ2n) is 11.2. The van der Waals surface area contributed by atoms with Crippen LogP contribution >= 0.6 is 0 Å². The number of fused-ring (bicyclic) bond motifs is 1. The van der Waals surface area contributed by atoms with Gasteiger partial charge in [0.25, 0.3) is 11.8 Å². The Morgan fingerprint density at radius 1 is 1.18 bits per heavy atom. The van der Waals surface area contributed by atoms with E-state index in [1.54, 1.807) is 41.3 Å². The van der Waals surface area contributed by atoms with E-state index >= 15 is 8.78 Å². The number of hydrazine groups is 1. The van der Waals surface area contributed by atoms with Crippen LogP contribution in [0.1, 0.15) is 49.4 Å². The van der Waals surface area contributed by atoms with Crippen LogP contribution in [0.5, 0.6) is 5.75 Å². The fourth-order valence-corrected chi connectivity index (χ4v) is 5.91. The minimum atomic E-state index is -3.57. The van der Waals surface area contributed by atoms with Crippen molar-refractivity contribution in [2.24, 2.45) is 5.92 Å². The van der Waals surface area contributed by atoms with E-state index in [4.69, 9.17) is 4.74 Å². The number of methoxy groups -OCH3 is 1. The van der Waals surface area contributed by atoms with Crippen LogP contribution in [0.3, 0.4) is 0 Å². The lowest BCUT2D eigenvalue weighted by atomic mass is 10.0. The van der Waals surface area contributed by atoms with Gasteiger partial charge < -0.3 is 19.4 Å². The molecular weight excluding hydrogens is 520 g/mol. The molecule has 1 N–H and O–H groups in total. The summed E-state index contributed by atoms with van der Waals surface area (Å²) in [7, 11) is 4.91. The number of nitrogens with one attached hydrogen (secondary N) is 1. The van der Waals surface area contributed by atoms with Gasteiger partial charge in [-0.05, 0) is 76.4 Å². The lowest BCUT2D eigenvalue weighted by Crippen LogP contribution is -2.49. The van der Waals surface area contributed by atoms with E-state index < -0.39 is 18.4 Å². The van der Waals surface area contributed by atoms with Gasteiger partial charge in [0.1, 0.15) is 11.4 Å². The molecule has 0 spiro atoms. The molecule has 2 aromatic rings. The molecule has 1 aliphatic carbocycles. The molecular formula is C28H37F2N7O3. The van der Waals surface area contributed by atoms with Gasteiger partial charge in [-0.2, -0.15) is 13.8 Å². The monoisotopic (exact) mass is 557 g/mol. The van der Waals surface area contributed by atoms with Gasteiger partial charge in [0, 0.05) is 18.7 Å². The van der Waals surface area contributed by atoms with E-state index in [2.05, 4.69) is 27.2 Å². The smallest absolute Gasteiger partial charge is 0.342 e. The molecule has 1 unspecified atom stereocenters. The maximum absolute atomic E-state index is 15.1. The maximum atomic E-state index is 15.1. The largest absolute Gasteiger partial charge is 0.497 e. The second kappa shape index (κ2) is 11.1. The summed E-state index contributed by atoms with van der Waals surface area (Å²) < 4.78 is 35.4. The Morgan fingerprint density at radius 2 is 1.93 bits per heavy atom. The van der Waals surface area contributed by atoms with Gasteiger partial charge >= 0.3 is 5.92 Å². The molecule has 1 saturated heterocycles. The molecule has 1 aromatic carbocycles. The van der Waals surface area contributed by atoms with E-state index in [1.165, 1.54) is 13.2 Å². The average molecular weight is 558 g/mol. The third-order valence-corrected chi connectivity index (χ3v) is 8.29. The summed E-state index contributed by atoms with van der Waals surface area (Å²) in [6.45, 7) is 2.98. The van der Waals surface area contributed by atoms with Crippen molar-refractivity contribution in [2.45, 2.75) is 57.0 Å². The first-order chi connectivity index (χ1) is 19.1. The van der Waals surface area contributed by atoms with Crippen molar-refractivity contribution in [1.82, 2.24) is 19.9 Å². The number of carbonyl (C=O) groups is 2. The Balaban J connectivity index is 1.51. The SMILES string of the molecule is COc1cccc(C(=O)N(Nc2ncc3c(n2)N(C2CC[C@@H](C)C2)CC(F)(F)C(=O)N3C)C2CCN(C)CC2)c1. The molecule has 1 aromatic heterocycles. The molecule has 2 atom stereocenters. The minimum Gasteiger partial charge on any atom is -0.497 e. The van der Waals surface area contributed by atoms with Crippen LogP contribution in [0.2, 0.25) is 0 Å². The summed E-state index contributed by atoms with van der Waals surface area (Å²) in [5, 5.41) is 1.55. The zero-order valence-corrected chi connectivity index (χ0v) is 23.4. The highest BCUT2D eigenvalue weighted by Crippen LogP contribution is 2.40. The number of aromatic nitrogens is 2. The second-order valence-corrected chi connectivity index (χ2v) is 11.2. The first-order valence-electron chi connectivity index (χ1n) is 13.8. The number of alkyl halides is 2. The fourth-order valence-electron chi connectivity index (χ4n) is 5.91. The highest BCUT2D eigenvalue weighted by atomic mass is 19.3. The van der Waals surface area contributed by atoms with E-state index in [0.29, 0.717) is 17.2 Å². The molecule has 2 fully saturated rings. The van der Waals surface area contributed by atoms with E-state index in [9.17, 15) is 9.59 Å². The number of carbonyl (C=O) groups excluding carboxylic acids is 2. The topological polar surface area (TPSA) is 94.1 Å². The minimum absolute atomic E-state index is 0.107. The normalized spacial score (nSPS) is 23.5. The van der Waals surface area contributed by atoms with Crippen LogP contribution in [0, 0.1) is 5.92 Å². The number of amides is 2. The average Bonchev–Trinajstić information content (AvgIpc) is 3.37. The van der Waals surface area contributed by atoms with E-state index in [0.717, 1.165) is 50.1 Å². The molecule has 2 aliphatic heterocycles. The Labute approximate surface area is 233 Å². The molecule has 40 heavy (non-hydrogen) atoms. The molecule has 3 heterocycles. The number of halogens is 2. The number of ether oxygens (including phenoxy) is 1. The van der Waals surface area contributed by atoms with E-state index in [-0.39, 0.29) is 35.4 Å². The Hall–Kier alpha value is -3.54. The summed E-state index contributed by atoms with van der Waals surface area (Å²) in [4.78, 5) is 40.2. The summed E-state index contributed by atoms with van der Waals surface area (Å²) in [6, 6.07) is 6.60. The zero-order chi connectivity index (χ0) is 28.6. The van der Waals surface area contributed by atoms with Crippen LogP contribution < -0.4 is 20.0 Å². The number of hydrogen-bond acceptors (Lipinski definition) is 8. The molecule has 12 heteroatoms. The van der Waals surface area contributed by atoms with Crippen molar-refractivity contribution >= 4 is 29.3 Å². The number of rotatable bonds is 6. The Morgan fingerprint density at radius 3 is 2.60 bits per heavy atom. The van der Waals surface area contributed by atoms with Gasteiger partial charge in [-0.3, -0.25) is 15.0 Å². The van der Waals surface area contributed by atoms with Gasteiger partial charge in [-0.15, -0.1) is 0 Å². The van der Waals surface area contributed by atoms with Crippen molar-refractivity contribution in [2.75, 3.05) is 56.1 Å². The molecule has 5 rings (SSSR count). The first-order valence-corrected chi connectivity index (χ1v) is 13.8.